The third kappa shape index (κ3) is 34.8. The smallest absolute Gasteiger partial charge is 0.303 e. The highest BCUT2D eigenvalue weighted by molar-refractivity contribution is 5.66. The molecular formula is C24H48O5. The van der Waals surface area contributed by atoms with Crippen LogP contribution in [0.15, 0.2) is 0 Å². The van der Waals surface area contributed by atoms with Gasteiger partial charge in [-0.1, -0.05) is 103 Å². The number of carboxylic acids is 2. The highest BCUT2D eigenvalue weighted by Crippen LogP contribution is 2.11. The fourth-order valence-electron chi connectivity index (χ4n) is 3.21. The Bertz CT molecular complexity index is 344. The Morgan fingerprint density at radius 2 is 0.759 bits per heavy atom. The molecule has 0 saturated carbocycles. The Morgan fingerprint density at radius 3 is 1.03 bits per heavy atom. The summed E-state index contributed by atoms with van der Waals surface area (Å²) in [4.78, 5) is 20.4. The first-order valence-corrected chi connectivity index (χ1v) is 12.1. The molecule has 0 aromatic heterocycles. The summed E-state index contributed by atoms with van der Waals surface area (Å²) < 4.78 is 0. The van der Waals surface area contributed by atoms with Crippen LogP contribution in [-0.2, 0) is 9.59 Å². The Morgan fingerprint density at radius 1 is 0.483 bits per heavy atom. The van der Waals surface area contributed by atoms with E-state index in [4.69, 9.17) is 15.3 Å². The van der Waals surface area contributed by atoms with Gasteiger partial charge >= 0.3 is 11.9 Å². The third-order valence-corrected chi connectivity index (χ3v) is 5.04. The van der Waals surface area contributed by atoms with Crippen molar-refractivity contribution in [2.75, 3.05) is 6.61 Å². The van der Waals surface area contributed by atoms with Gasteiger partial charge in [-0.15, -0.1) is 0 Å². The van der Waals surface area contributed by atoms with Crippen molar-refractivity contribution in [1.82, 2.24) is 0 Å². The minimum atomic E-state index is -0.681. The highest BCUT2D eigenvalue weighted by Gasteiger charge is 1.97. The fraction of sp³-hybridized carbons (Fsp3) is 0.917. The molecule has 0 saturated heterocycles. The van der Waals surface area contributed by atoms with E-state index in [0.717, 1.165) is 44.9 Å². The van der Waals surface area contributed by atoms with E-state index in [-0.39, 0.29) is 0 Å². The lowest BCUT2D eigenvalue weighted by Crippen LogP contribution is -1.93. The molecule has 29 heavy (non-hydrogen) atoms. The van der Waals surface area contributed by atoms with Crippen LogP contribution in [0.5, 0.6) is 0 Å². The van der Waals surface area contributed by atoms with E-state index in [1.807, 2.05) is 0 Å². The van der Waals surface area contributed by atoms with Crippen LogP contribution in [0.3, 0.4) is 0 Å². The molecule has 0 heterocycles. The molecule has 0 aromatic rings. The van der Waals surface area contributed by atoms with E-state index in [9.17, 15) is 9.59 Å². The van der Waals surface area contributed by atoms with Crippen molar-refractivity contribution in [3.05, 3.63) is 0 Å². The summed E-state index contributed by atoms with van der Waals surface area (Å²) in [7, 11) is 0. The molecule has 174 valence electrons. The molecule has 5 heteroatoms. The molecule has 0 aliphatic rings. The fourth-order valence-corrected chi connectivity index (χ4v) is 3.21. The standard InChI is InChI=1S/C12H24O3.C12H24O2/c13-11-9-7-5-3-1-2-4-6-8-10-12(14)15;1-2-3-4-5-6-7-8-9-10-11-12(13)14/h13H,1-11H2,(H,14,15);2-11H2,1H3,(H,13,14). The van der Waals surface area contributed by atoms with Gasteiger partial charge in [0, 0.05) is 19.4 Å². The van der Waals surface area contributed by atoms with Crippen LogP contribution in [0.4, 0.5) is 0 Å². The zero-order valence-electron chi connectivity index (χ0n) is 19.0. The van der Waals surface area contributed by atoms with Crippen molar-refractivity contribution in [2.45, 2.75) is 135 Å². The lowest BCUT2D eigenvalue weighted by molar-refractivity contribution is -0.138. The lowest BCUT2D eigenvalue weighted by atomic mass is 10.1. The number of aliphatic hydroxyl groups excluding tert-OH is 1. The summed E-state index contributed by atoms with van der Waals surface area (Å²) in [5.41, 5.74) is 0. The molecule has 0 spiro atoms. The number of hydrogen-bond acceptors (Lipinski definition) is 3. The van der Waals surface area contributed by atoms with Crippen molar-refractivity contribution in [3.8, 4) is 0 Å². The first kappa shape index (κ1) is 30.1. The summed E-state index contributed by atoms with van der Waals surface area (Å²) in [5.74, 6) is -1.34. The van der Waals surface area contributed by atoms with E-state index in [2.05, 4.69) is 6.92 Å². The third-order valence-electron chi connectivity index (χ3n) is 5.04. The zero-order valence-corrected chi connectivity index (χ0v) is 19.0. The van der Waals surface area contributed by atoms with Gasteiger partial charge in [0.25, 0.3) is 0 Å². The monoisotopic (exact) mass is 416 g/mol. The van der Waals surface area contributed by atoms with Crippen LogP contribution >= 0.6 is 0 Å². The molecule has 3 N–H and O–H groups in total. The number of aliphatic hydroxyl groups is 1. The van der Waals surface area contributed by atoms with Gasteiger partial charge < -0.3 is 15.3 Å². The van der Waals surface area contributed by atoms with Crippen LogP contribution in [0.25, 0.3) is 0 Å². The molecule has 0 aliphatic carbocycles. The number of carbonyl (C=O) groups is 2. The molecule has 0 fully saturated rings. The quantitative estimate of drug-likeness (QED) is 0.176. The van der Waals surface area contributed by atoms with Gasteiger partial charge in [-0.05, 0) is 19.3 Å². The predicted molar refractivity (Wildman–Crippen MR) is 120 cm³/mol. The number of carboxylic acid groups (broad SMARTS) is 2. The summed E-state index contributed by atoms with van der Waals surface area (Å²) in [6.07, 6.45) is 21.8. The maximum absolute atomic E-state index is 10.2. The van der Waals surface area contributed by atoms with Crippen molar-refractivity contribution in [3.63, 3.8) is 0 Å². The number of unbranched alkanes of at least 4 members (excludes halogenated alkanes) is 16. The predicted octanol–water partition coefficient (Wildman–Crippen LogP) is 6.96. The van der Waals surface area contributed by atoms with Crippen LogP contribution in [0.2, 0.25) is 0 Å². The minimum Gasteiger partial charge on any atom is -0.481 e. The second-order valence-corrected chi connectivity index (χ2v) is 8.02. The second kappa shape index (κ2) is 26.9. The second-order valence-electron chi connectivity index (χ2n) is 8.02. The van der Waals surface area contributed by atoms with Crippen molar-refractivity contribution in [1.29, 1.82) is 0 Å². The van der Waals surface area contributed by atoms with E-state index >= 15 is 0 Å². The Balaban J connectivity index is 0. The summed E-state index contributed by atoms with van der Waals surface area (Å²) in [5, 5.41) is 25.4. The Hall–Kier alpha value is -1.10. The van der Waals surface area contributed by atoms with E-state index in [1.165, 1.54) is 70.6 Å². The van der Waals surface area contributed by atoms with Crippen LogP contribution in [0.1, 0.15) is 135 Å². The Labute approximate surface area is 179 Å². The van der Waals surface area contributed by atoms with Gasteiger partial charge in [0.2, 0.25) is 0 Å². The number of rotatable bonds is 21. The molecule has 0 unspecified atom stereocenters. The van der Waals surface area contributed by atoms with E-state index in [0.29, 0.717) is 19.4 Å². The van der Waals surface area contributed by atoms with Crippen molar-refractivity contribution >= 4 is 11.9 Å². The zero-order chi connectivity index (χ0) is 22.0. The van der Waals surface area contributed by atoms with Crippen molar-refractivity contribution < 1.29 is 24.9 Å². The van der Waals surface area contributed by atoms with Gasteiger partial charge in [-0.25, -0.2) is 0 Å². The molecule has 0 rings (SSSR count). The van der Waals surface area contributed by atoms with Crippen LogP contribution in [-0.4, -0.2) is 33.9 Å². The topological polar surface area (TPSA) is 94.8 Å². The lowest BCUT2D eigenvalue weighted by Gasteiger charge is -2.00. The first-order valence-electron chi connectivity index (χ1n) is 12.1. The van der Waals surface area contributed by atoms with Gasteiger partial charge in [0.1, 0.15) is 0 Å². The Kier molecular flexibility index (Phi) is 27.9. The SMILES string of the molecule is CCCCCCCCCCCC(=O)O.O=C(O)CCCCCCCCCCCO. The minimum absolute atomic E-state index is 0.315. The van der Waals surface area contributed by atoms with E-state index in [1.54, 1.807) is 0 Å². The molecule has 0 aliphatic heterocycles. The molecular weight excluding hydrogens is 368 g/mol. The van der Waals surface area contributed by atoms with Gasteiger partial charge in [-0.3, -0.25) is 9.59 Å². The molecule has 0 bridgehead atoms. The highest BCUT2D eigenvalue weighted by atomic mass is 16.4. The summed E-state index contributed by atoms with van der Waals surface area (Å²) in [6, 6.07) is 0. The van der Waals surface area contributed by atoms with E-state index < -0.39 is 11.9 Å². The molecule has 0 radical (unpaired) electrons. The molecule has 0 atom stereocenters. The number of aliphatic carboxylic acids is 2. The number of hydrogen-bond donors (Lipinski definition) is 3. The molecule has 0 amide bonds. The first-order chi connectivity index (χ1) is 14.0. The molecule has 5 nitrogen and oxygen atoms in total. The van der Waals surface area contributed by atoms with Gasteiger partial charge in [-0.2, -0.15) is 0 Å². The average Bonchev–Trinajstić information content (AvgIpc) is 2.68. The van der Waals surface area contributed by atoms with Crippen LogP contribution in [0, 0.1) is 0 Å². The maximum Gasteiger partial charge on any atom is 0.303 e. The largest absolute Gasteiger partial charge is 0.481 e. The van der Waals surface area contributed by atoms with Crippen molar-refractivity contribution in [2.24, 2.45) is 0 Å². The maximum atomic E-state index is 10.2. The van der Waals surface area contributed by atoms with Gasteiger partial charge in [0.05, 0.1) is 0 Å². The van der Waals surface area contributed by atoms with Gasteiger partial charge in [0.15, 0.2) is 0 Å². The van der Waals surface area contributed by atoms with Crippen LogP contribution < -0.4 is 0 Å². The average molecular weight is 417 g/mol. The summed E-state index contributed by atoms with van der Waals surface area (Å²) in [6.45, 7) is 2.54. The molecule has 0 aromatic carbocycles. The normalized spacial score (nSPS) is 10.4. The summed E-state index contributed by atoms with van der Waals surface area (Å²) >= 11 is 0.